The maximum atomic E-state index is 11.7. The van der Waals surface area contributed by atoms with Gasteiger partial charge < -0.3 is 20.7 Å². The molecule has 2 aliphatic heterocycles. The summed E-state index contributed by atoms with van der Waals surface area (Å²) >= 11 is 0. The van der Waals surface area contributed by atoms with Crippen molar-refractivity contribution in [1.82, 2.24) is 10.2 Å². The van der Waals surface area contributed by atoms with Crippen molar-refractivity contribution >= 4 is 5.91 Å². The maximum Gasteiger partial charge on any atom is 0.248 e. The van der Waals surface area contributed by atoms with Gasteiger partial charge >= 0.3 is 0 Å². The molecule has 0 aromatic carbocycles. The number of piperidine rings is 1. The second-order valence-corrected chi connectivity index (χ2v) is 4.68. The van der Waals surface area contributed by atoms with Gasteiger partial charge in [0.2, 0.25) is 5.91 Å². The molecule has 16 heavy (non-hydrogen) atoms. The molecule has 0 saturated carbocycles. The number of morpholine rings is 1. The average molecular weight is 227 g/mol. The minimum Gasteiger partial charge on any atom is -0.365 e. The number of ether oxygens (including phenoxy) is 1. The number of rotatable bonds is 3. The molecule has 1 amide bonds. The van der Waals surface area contributed by atoms with Gasteiger partial charge in [-0.25, -0.2) is 0 Å². The summed E-state index contributed by atoms with van der Waals surface area (Å²) in [7, 11) is 0. The van der Waals surface area contributed by atoms with E-state index in [1.807, 2.05) is 4.90 Å². The normalized spacial score (nSPS) is 31.8. The monoisotopic (exact) mass is 227 g/mol. The van der Waals surface area contributed by atoms with Crippen LogP contribution in [0.15, 0.2) is 0 Å². The average Bonchev–Trinajstić information content (AvgIpc) is 2.33. The fraction of sp³-hybridized carbons (Fsp3) is 0.909. The quantitative estimate of drug-likeness (QED) is 0.660. The Balaban J connectivity index is 1.83. The molecule has 0 bridgehead atoms. The zero-order valence-electron chi connectivity index (χ0n) is 9.65. The molecule has 2 atom stereocenters. The summed E-state index contributed by atoms with van der Waals surface area (Å²) in [5, 5.41) is 3.37. The van der Waals surface area contributed by atoms with Crippen LogP contribution in [0.1, 0.15) is 12.8 Å². The molecule has 3 N–H and O–H groups in total. The predicted octanol–water partition coefficient (Wildman–Crippen LogP) is -0.828. The molecule has 5 heteroatoms. The van der Waals surface area contributed by atoms with Gasteiger partial charge in [0.25, 0.3) is 0 Å². The Kier molecular flexibility index (Phi) is 4.15. The number of carbonyl (C=O) groups excluding carboxylic acids is 1. The first-order valence-electron chi connectivity index (χ1n) is 6.09. The van der Waals surface area contributed by atoms with Gasteiger partial charge in [0.1, 0.15) is 6.61 Å². The van der Waals surface area contributed by atoms with E-state index in [1.165, 1.54) is 12.8 Å². The third kappa shape index (κ3) is 2.93. The van der Waals surface area contributed by atoms with Crippen LogP contribution in [0.4, 0.5) is 0 Å². The SMILES string of the molecule is NCC1CN(CC2CCCNC2)C(=O)CO1. The van der Waals surface area contributed by atoms with Crippen LogP contribution < -0.4 is 11.1 Å². The number of nitrogens with two attached hydrogens (primary N) is 1. The van der Waals surface area contributed by atoms with E-state index < -0.39 is 0 Å². The summed E-state index contributed by atoms with van der Waals surface area (Å²) < 4.78 is 5.33. The molecule has 92 valence electrons. The molecule has 2 heterocycles. The minimum atomic E-state index is 0.0225. The summed E-state index contributed by atoms with van der Waals surface area (Å²) in [4.78, 5) is 13.6. The lowest BCUT2D eigenvalue weighted by atomic mass is 9.98. The van der Waals surface area contributed by atoms with Crippen LogP contribution in [0, 0.1) is 5.92 Å². The van der Waals surface area contributed by atoms with Crippen LogP contribution in [0.5, 0.6) is 0 Å². The summed E-state index contributed by atoms with van der Waals surface area (Å²) in [6.07, 6.45) is 2.45. The molecular weight excluding hydrogens is 206 g/mol. The molecule has 5 nitrogen and oxygen atoms in total. The largest absolute Gasteiger partial charge is 0.365 e. The number of hydrogen-bond donors (Lipinski definition) is 2. The zero-order chi connectivity index (χ0) is 11.4. The van der Waals surface area contributed by atoms with Crippen LogP contribution in [-0.4, -0.2) is 56.2 Å². The van der Waals surface area contributed by atoms with Crippen molar-refractivity contribution in [1.29, 1.82) is 0 Å². The van der Waals surface area contributed by atoms with Gasteiger partial charge in [0.15, 0.2) is 0 Å². The highest BCUT2D eigenvalue weighted by Crippen LogP contribution is 2.14. The highest BCUT2D eigenvalue weighted by atomic mass is 16.5. The molecular formula is C11H21N3O2. The molecule has 2 aliphatic rings. The van der Waals surface area contributed by atoms with Crippen LogP contribution >= 0.6 is 0 Å². The van der Waals surface area contributed by atoms with Crippen molar-refractivity contribution in [2.45, 2.75) is 18.9 Å². The highest BCUT2D eigenvalue weighted by molar-refractivity contribution is 5.78. The van der Waals surface area contributed by atoms with E-state index in [2.05, 4.69) is 5.32 Å². The number of amides is 1. The molecule has 0 aromatic heterocycles. The molecule has 2 rings (SSSR count). The number of carbonyl (C=O) groups is 1. The standard InChI is InChI=1S/C11H21N3O2/c12-4-10-7-14(11(15)8-16-10)6-9-2-1-3-13-5-9/h9-10,13H,1-8,12H2. The first-order valence-corrected chi connectivity index (χ1v) is 6.09. The predicted molar refractivity (Wildman–Crippen MR) is 61.0 cm³/mol. The number of nitrogens with zero attached hydrogens (tertiary/aromatic N) is 1. The summed E-state index contributed by atoms with van der Waals surface area (Å²) in [6, 6.07) is 0. The van der Waals surface area contributed by atoms with Gasteiger partial charge in [-0.05, 0) is 31.8 Å². The van der Waals surface area contributed by atoms with Gasteiger partial charge in [0, 0.05) is 19.6 Å². The van der Waals surface area contributed by atoms with E-state index in [-0.39, 0.29) is 18.6 Å². The van der Waals surface area contributed by atoms with Gasteiger partial charge in [-0.3, -0.25) is 4.79 Å². The third-order valence-corrected chi connectivity index (χ3v) is 3.36. The molecule has 0 spiro atoms. The van der Waals surface area contributed by atoms with E-state index >= 15 is 0 Å². The number of hydrogen-bond acceptors (Lipinski definition) is 4. The van der Waals surface area contributed by atoms with Crippen LogP contribution in [-0.2, 0) is 9.53 Å². The van der Waals surface area contributed by atoms with Gasteiger partial charge in [0.05, 0.1) is 6.10 Å². The fourth-order valence-electron chi connectivity index (χ4n) is 2.39. The zero-order valence-corrected chi connectivity index (χ0v) is 9.65. The van der Waals surface area contributed by atoms with Crippen LogP contribution in [0.2, 0.25) is 0 Å². The van der Waals surface area contributed by atoms with Crippen molar-refractivity contribution in [2.24, 2.45) is 11.7 Å². The molecule has 2 saturated heterocycles. The molecule has 2 unspecified atom stereocenters. The Hall–Kier alpha value is -0.650. The molecule has 0 aromatic rings. The van der Waals surface area contributed by atoms with Gasteiger partial charge in [-0.15, -0.1) is 0 Å². The maximum absolute atomic E-state index is 11.7. The highest BCUT2D eigenvalue weighted by Gasteiger charge is 2.27. The minimum absolute atomic E-state index is 0.0225. The second kappa shape index (κ2) is 5.61. The van der Waals surface area contributed by atoms with E-state index in [4.69, 9.17) is 10.5 Å². The Morgan fingerprint density at radius 3 is 3.12 bits per heavy atom. The fourth-order valence-corrected chi connectivity index (χ4v) is 2.39. The Morgan fingerprint density at radius 2 is 2.44 bits per heavy atom. The van der Waals surface area contributed by atoms with Crippen molar-refractivity contribution in [3.05, 3.63) is 0 Å². The van der Waals surface area contributed by atoms with Crippen molar-refractivity contribution in [2.75, 3.05) is 39.3 Å². The van der Waals surface area contributed by atoms with Crippen molar-refractivity contribution in [3.8, 4) is 0 Å². The summed E-state index contributed by atoms with van der Waals surface area (Å²) in [5.41, 5.74) is 5.57. The first kappa shape index (κ1) is 11.8. The van der Waals surface area contributed by atoms with Gasteiger partial charge in [-0.2, -0.15) is 0 Å². The molecule has 0 aliphatic carbocycles. The molecule has 0 radical (unpaired) electrons. The lowest BCUT2D eigenvalue weighted by molar-refractivity contribution is -0.149. The van der Waals surface area contributed by atoms with E-state index in [1.54, 1.807) is 0 Å². The number of nitrogens with one attached hydrogen (secondary N) is 1. The second-order valence-electron chi connectivity index (χ2n) is 4.68. The van der Waals surface area contributed by atoms with Crippen molar-refractivity contribution in [3.63, 3.8) is 0 Å². The Morgan fingerprint density at radius 1 is 1.56 bits per heavy atom. The van der Waals surface area contributed by atoms with Crippen LogP contribution in [0.3, 0.4) is 0 Å². The first-order chi connectivity index (χ1) is 7.79. The van der Waals surface area contributed by atoms with E-state index in [0.29, 0.717) is 19.0 Å². The van der Waals surface area contributed by atoms with Crippen LogP contribution in [0.25, 0.3) is 0 Å². The van der Waals surface area contributed by atoms with E-state index in [0.717, 1.165) is 19.6 Å². The topological polar surface area (TPSA) is 67.6 Å². The van der Waals surface area contributed by atoms with E-state index in [9.17, 15) is 4.79 Å². The summed E-state index contributed by atoms with van der Waals surface area (Å²) in [5.74, 6) is 0.699. The lowest BCUT2D eigenvalue weighted by Crippen LogP contribution is -2.51. The lowest BCUT2D eigenvalue weighted by Gasteiger charge is -2.35. The van der Waals surface area contributed by atoms with Gasteiger partial charge in [-0.1, -0.05) is 0 Å². The smallest absolute Gasteiger partial charge is 0.248 e. The Labute approximate surface area is 96.3 Å². The summed E-state index contributed by atoms with van der Waals surface area (Å²) in [6.45, 7) is 4.34. The third-order valence-electron chi connectivity index (χ3n) is 3.36. The Bertz CT molecular complexity index is 241. The van der Waals surface area contributed by atoms with Crippen molar-refractivity contribution < 1.29 is 9.53 Å². The molecule has 2 fully saturated rings.